The number of nitrogens with one attached hydrogen (secondary N) is 2. The Bertz CT molecular complexity index is 964. The Balaban J connectivity index is 1.59. The van der Waals surface area contributed by atoms with E-state index in [0.717, 1.165) is 24.8 Å². The number of hydrogen-bond acceptors (Lipinski definition) is 4. The molecule has 2 N–H and O–H groups in total. The van der Waals surface area contributed by atoms with Crippen LogP contribution in [0.25, 0.3) is 0 Å². The first-order chi connectivity index (χ1) is 13.8. The maximum Gasteiger partial charge on any atom is 0.243 e. The normalized spacial score (nSPS) is 14.9. The van der Waals surface area contributed by atoms with Gasteiger partial charge in [0.1, 0.15) is 0 Å². The van der Waals surface area contributed by atoms with Gasteiger partial charge in [0.15, 0.2) is 0 Å². The second-order valence-corrected chi connectivity index (χ2v) is 9.03. The second kappa shape index (κ2) is 9.19. The van der Waals surface area contributed by atoms with E-state index in [1.54, 1.807) is 36.4 Å². The van der Waals surface area contributed by atoms with Gasteiger partial charge in [-0.2, -0.15) is 4.31 Å². The lowest BCUT2D eigenvalue weighted by atomic mass is 10.1. The van der Waals surface area contributed by atoms with E-state index in [9.17, 15) is 18.0 Å². The fourth-order valence-corrected chi connectivity index (χ4v) is 4.78. The van der Waals surface area contributed by atoms with Gasteiger partial charge in [-0.1, -0.05) is 18.6 Å². The van der Waals surface area contributed by atoms with Gasteiger partial charge in [-0.3, -0.25) is 9.59 Å². The van der Waals surface area contributed by atoms with Crippen LogP contribution in [0, 0.1) is 0 Å². The third-order valence-electron chi connectivity index (χ3n) is 4.73. The molecule has 154 valence electrons. The largest absolute Gasteiger partial charge is 0.326 e. The summed E-state index contributed by atoms with van der Waals surface area (Å²) >= 11 is 0. The number of carbonyl (C=O) groups excluding carboxylic acids is 2. The molecule has 0 bridgehead atoms. The zero-order valence-corrected chi connectivity index (χ0v) is 17.2. The Morgan fingerprint density at radius 3 is 2.00 bits per heavy atom. The number of amides is 2. The highest BCUT2D eigenvalue weighted by molar-refractivity contribution is 7.89. The highest BCUT2D eigenvalue weighted by Crippen LogP contribution is 2.22. The number of benzene rings is 2. The number of rotatable bonds is 6. The van der Waals surface area contributed by atoms with Crippen molar-refractivity contribution < 1.29 is 18.0 Å². The van der Waals surface area contributed by atoms with E-state index in [2.05, 4.69) is 10.6 Å². The van der Waals surface area contributed by atoms with Crippen molar-refractivity contribution in [2.24, 2.45) is 0 Å². The molecule has 0 aromatic heterocycles. The number of sulfonamides is 1. The van der Waals surface area contributed by atoms with Gasteiger partial charge in [0.05, 0.1) is 11.3 Å². The third-order valence-corrected chi connectivity index (χ3v) is 6.64. The minimum absolute atomic E-state index is 0.152. The van der Waals surface area contributed by atoms with Crippen LogP contribution in [0.15, 0.2) is 53.4 Å². The first kappa shape index (κ1) is 21.0. The number of anilines is 2. The summed E-state index contributed by atoms with van der Waals surface area (Å²) in [5, 5.41) is 5.45. The molecule has 3 rings (SSSR count). The third kappa shape index (κ3) is 5.65. The molecule has 2 aromatic rings. The molecule has 1 saturated heterocycles. The molecule has 8 heteroatoms. The van der Waals surface area contributed by atoms with Crippen molar-refractivity contribution in [3.63, 3.8) is 0 Å². The van der Waals surface area contributed by atoms with E-state index in [-0.39, 0.29) is 23.1 Å². The SMILES string of the molecule is CC(=O)Nc1ccc(CC(=O)Nc2ccc(S(=O)(=O)N3CCCCC3)cc2)cc1. The Kier molecular flexibility index (Phi) is 6.66. The fraction of sp³-hybridized carbons (Fsp3) is 0.333. The van der Waals surface area contributed by atoms with Crippen molar-refractivity contribution in [1.29, 1.82) is 0 Å². The molecule has 0 atom stereocenters. The molecule has 0 spiro atoms. The standard InChI is InChI=1S/C21H25N3O4S/c1-16(25)22-18-7-5-17(6-8-18)15-21(26)23-19-9-11-20(12-10-19)29(27,28)24-13-3-2-4-14-24/h5-12H,2-4,13-15H2,1H3,(H,22,25)(H,23,26). The lowest BCUT2D eigenvalue weighted by Crippen LogP contribution is -2.35. The highest BCUT2D eigenvalue weighted by atomic mass is 32.2. The molecule has 29 heavy (non-hydrogen) atoms. The zero-order chi connectivity index (χ0) is 20.9. The van der Waals surface area contributed by atoms with Crippen LogP contribution in [-0.2, 0) is 26.0 Å². The van der Waals surface area contributed by atoms with E-state index in [1.807, 2.05) is 0 Å². The smallest absolute Gasteiger partial charge is 0.243 e. The van der Waals surface area contributed by atoms with Crippen molar-refractivity contribution >= 4 is 33.2 Å². The van der Waals surface area contributed by atoms with Crippen LogP contribution in [0.2, 0.25) is 0 Å². The Morgan fingerprint density at radius 2 is 1.41 bits per heavy atom. The van der Waals surface area contributed by atoms with Gasteiger partial charge < -0.3 is 10.6 Å². The van der Waals surface area contributed by atoms with E-state index < -0.39 is 10.0 Å². The maximum atomic E-state index is 12.7. The van der Waals surface area contributed by atoms with E-state index in [0.29, 0.717) is 24.5 Å². The predicted octanol–water partition coefficient (Wildman–Crippen LogP) is 3.00. The summed E-state index contributed by atoms with van der Waals surface area (Å²) in [7, 11) is -3.48. The summed E-state index contributed by atoms with van der Waals surface area (Å²) in [6.07, 6.45) is 3.01. The summed E-state index contributed by atoms with van der Waals surface area (Å²) in [4.78, 5) is 23.5. The average Bonchev–Trinajstić information content (AvgIpc) is 2.70. The van der Waals surface area contributed by atoms with Crippen LogP contribution in [-0.4, -0.2) is 37.6 Å². The van der Waals surface area contributed by atoms with Gasteiger partial charge in [-0.25, -0.2) is 8.42 Å². The van der Waals surface area contributed by atoms with Crippen molar-refractivity contribution in [3.05, 3.63) is 54.1 Å². The molecule has 1 fully saturated rings. The van der Waals surface area contributed by atoms with Gasteiger partial charge in [0.2, 0.25) is 21.8 Å². The molecule has 2 aromatic carbocycles. The van der Waals surface area contributed by atoms with Crippen LogP contribution in [0.5, 0.6) is 0 Å². The molecule has 0 unspecified atom stereocenters. The summed E-state index contributed by atoms with van der Waals surface area (Å²) in [6.45, 7) is 2.55. The Morgan fingerprint density at radius 1 is 0.862 bits per heavy atom. The van der Waals surface area contributed by atoms with Gasteiger partial charge >= 0.3 is 0 Å². The van der Waals surface area contributed by atoms with Gasteiger partial charge in [-0.05, 0) is 54.8 Å². The minimum atomic E-state index is -3.48. The first-order valence-corrected chi connectivity index (χ1v) is 11.1. The Hall–Kier alpha value is -2.71. The summed E-state index contributed by atoms with van der Waals surface area (Å²) < 4.78 is 26.9. The molecule has 7 nitrogen and oxygen atoms in total. The van der Waals surface area contributed by atoms with Crippen LogP contribution in [0.1, 0.15) is 31.7 Å². The number of carbonyl (C=O) groups is 2. The average molecular weight is 416 g/mol. The second-order valence-electron chi connectivity index (χ2n) is 7.09. The van der Waals surface area contributed by atoms with Gasteiger partial charge in [-0.15, -0.1) is 0 Å². The molecule has 1 aliphatic rings. The summed E-state index contributed by atoms with van der Waals surface area (Å²) in [5.74, 6) is -0.356. The first-order valence-electron chi connectivity index (χ1n) is 9.61. The van der Waals surface area contributed by atoms with Crippen molar-refractivity contribution in [2.75, 3.05) is 23.7 Å². The molecule has 1 heterocycles. The lowest BCUT2D eigenvalue weighted by Gasteiger charge is -2.25. The van der Waals surface area contributed by atoms with Gasteiger partial charge in [0, 0.05) is 31.4 Å². The fourth-order valence-electron chi connectivity index (χ4n) is 3.26. The lowest BCUT2D eigenvalue weighted by molar-refractivity contribution is -0.116. The van der Waals surface area contributed by atoms with Crippen LogP contribution in [0.3, 0.4) is 0 Å². The number of hydrogen-bond donors (Lipinski definition) is 2. The summed E-state index contributed by atoms with van der Waals surface area (Å²) in [6, 6.07) is 13.3. The van der Waals surface area contributed by atoms with E-state index in [1.165, 1.54) is 23.4 Å². The molecular weight excluding hydrogens is 390 g/mol. The highest BCUT2D eigenvalue weighted by Gasteiger charge is 2.25. The Labute approximate surface area is 171 Å². The topological polar surface area (TPSA) is 95.6 Å². The van der Waals surface area contributed by atoms with Crippen LogP contribution < -0.4 is 10.6 Å². The number of piperidine rings is 1. The maximum absolute atomic E-state index is 12.7. The van der Waals surface area contributed by atoms with Crippen LogP contribution >= 0.6 is 0 Å². The summed E-state index contributed by atoms with van der Waals surface area (Å²) in [5.41, 5.74) is 2.02. The zero-order valence-electron chi connectivity index (χ0n) is 16.3. The quantitative estimate of drug-likeness (QED) is 0.758. The van der Waals surface area contributed by atoms with Crippen molar-refractivity contribution in [3.8, 4) is 0 Å². The van der Waals surface area contributed by atoms with E-state index in [4.69, 9.17) is 0 Å². The number of nitrogens with zero attached hydrogens (tertiary/aromatic N) is 1. The minimum Gasteiger partial charge on any atom is -0.326 e. The molecule has 0 aliphatic carbocycles. The molecular formula is C21H25N3O4S. The molecule has 1 aliphatic heterocycles. The molecule has 0 radical (unpaired) electrons. The van der Waals surface area contributed by atoms with Crippen LogP contribution in [0.4, 0.5) is 11.4 Å². The van der Waals surface area contributed by atoms with Gasteiger partial charge in [0.25, 0.3) is 0 Å². The predicted molar refractivity (Wildman–Crippen MR) is 112 cm³/mol. The van der Waals surface area contributed by atoms with E-state index >= 15 is 0 Å². The van der Waals surface area contributed by atoms with Crippen molar-refractivity contribution in [2.45, 2.75) is 37.5 Å². The van der Waals surface area contributed by atoms with Crippen molar-refractivity contribution in [1.82, 2.24) is 4.31 Å². The molecule has 0 saturated carbocycles. The monoisotopic (exact) mass is 415 g/mol. The molecule has 2 amide bonds.